The van der Waals surface area contributed by atoms with E-state index in [0.717, 1.165) is 27.5 Å². The molecule has 0 aliphatic carbocycles. The lowest BCUT2D eigenvalue weighted by atomic mass is 10.2. The number of hydrogen-bond acceptors (Lipinski definition) is 8. The number of aromatic nitrogens is 3. The lowest BCUT2D eigenvalue weighted by Crippen LogP contribution is -2.18. The summed E-state index contributed by atoms with van der Waals surface area (Å²) < 4.78 is 13.3. The van der Waals surface area contributed by atoms with E-state index >= 15 is 0 Å². The van der Waals surface area contributed by atoms with Gasteiger partial charge in [0.2, 0.25) is 0 Å². The summed E-state index contributed by atoms with van der Waals surface area (Å²) >= 11 is 4.52. The van der Waals surface area contributed by atoms with Gasteiger partial charge in [0.15, 0.2) is 16.7 Å². The number of benzene rings is 1. The first kappa shape index (κ1) is 19.9. The summed E-state index contributed by atoms with van der Waals surface area (Å²) in [5, 5.41) is 5.54. The number of hydrogen-bond donors (Lipinski definition) is 0. The lowest BCUT2D eigenvalue weighted by Gasteiger charge is -2.10. The molecule has 6 nitrogen and oxygen atoms in total. The molecule has 0 saturated heterocycles. The lowest BCUT2D eigenvalue weighted by molar-refractivity contribution is 0.311. The zero-order valence-electron chi connectivity index (χ0n) is 16.2. The molecule has 29 heavy (non-hydrogen) atoms. The molecule has 4 aromatic rings. The quantitative estimate of drug-likeness (QED) is 0.300. The third kappa shape index (κ3) is 4.03. The molecule has 0 bridgehead atoms. The number of nitrogens with zero attached hydrogens (tertiary/aromatic N) is 3. The molecule has 0 spiro atoms. The van der Waals surface area contributed by atoms with E-state index in [1.54, 1.807) is 30.1 Å². The van der Waals surface area contributed by atoms with Crippen molar-refractivity contribution in [3.8, 4) is 22.1 Å². The van der Waals surface area contributed by atoms with Gasteiger partial charge >= 0.3 is 0 Å². The molecule has 9 heteroatoms. The third-order valence-electron chi connectivity index (χ3n) is 4.26. The summed E-state index contributed by atoms with van der Waals surface area (Å²) in [4.78, 5) is 21.8. The van der Waals surface area contributed by atoms with Gasteiger partial charge in [-0.2, -0.15) is 0 Å². The van der Waals surface area contributed by atoms with Crippen LogP contribution in [0.4, 0.5) is 0 Å². The molecule has 4 rings (SSSR count). The number of rotatable bonds is 7. The van der Waals surface area contributed by atoms with Crippen LogP contribution in [-0.4, -0.2) is 28.3 Å². The Bertz CT molecular complexity index is 1210. The molecular weight excluding hydrogens is 426 g/mol. The Labute approximate surface area is 180 Å². The molecule has 0 aliphatic heterocycles. The van der Waals surface area contributed by atoms with Crippen LogP contribution < -0.4 is 15.0 Å². The summed E-state index contributed by atoms with van der Waals surface area (Å²) in [5.41, 5.74) is 2.67. The largest absolute Gasteiger partial charge is 0.493 e. The number of fused-ring (bicyclic) bond motifs is 1. The smallest absolute Gasteiger partial charge is 0.271 e. The van der Waals surface area contributed by atoms with Gasteiger partial charge in [0, 0.05) is 23.7 Å². The maximum atomic E-state index is 12.4. The van der Waals surface area contributed by atoms with Crippen LogP contribution in [0.25, 0.3) is 20.8 Å². The van der Waals surface area contributed by atoms with Crippen molar-refractivity contribution < 1.29 is 9.47 Å². The van der Waals surface area contributed by atoms with Gasteiger partial charge in [-0.15, -0.1) is 22.7 Å². The normalized spacial score (nSPS) is 11.1. The molecule has 0 fully saturated rings. The van der Waals surface area contributed by atoms with Crippen molar-refractivity contribution in [3.63, 3.8) is 0 Å². The molecule has 0 saturated carbocycles. The predicted octanol–water partition coefficient (Wildman–Crippen LogP) is 4.82. The second-order valence-corrected chi connectivity index (χ2v) is 8.84. The fourth-order valence-corrected chi connectivity index (χ4v) is 5.41. The SMILES string of the molecule is CCOc1ccc(-c2nc(CSc3nc4ccsc4c(=O)n3C)cs2)cc1OC. The first-order chi connectivity index (χ1) is 14.1. The first-order valence-electron chi connectivity index (χ1n) is 8.93. The topological polar surface area (TPSA) is 66.2 Å². The molecule has 0 radical (unpaired) electrons. The zero-order valence-corrected chi connectivity index (χ0v) is 18.6. The van der Waals surface area contributed by atoms with E-state index in [9.17, 15) is 4.79 Å². The molecule has 0 amide bonds. The van der Waals surface area contributed by atoms with E-state index in [-0.39, 0.29) is 5.56 Å². The Morgan fingerprint density at radius 1 is 1.17 bits per heavy atom. The van der Waals surface area contributed by atoms with E-state index in [1.807, 2.05) is 41.9 Å². The first-order valence-corrected chi connectivity index (χ1v) is 11.7. The summed E-state index contributed by atoms with van der Waals surface area (Å²) in [5.74, 6) is 2.06. The Morgan fingerprint density at radius 2 is 2.03 bits per heavy atom. The van der Waals surface area contributed by atoms with Gasteiger partial charge in [-0.3, -0.25) is 9.36 Å². The minimum atomic E-state index is -0.00653. The van der Waals surface area contributed by atoms with Gasteiger partial charge < -0.3 is 9.47 Å². The zero-order chi connectivity index (χ0) is 20.4. The van der Waals surface area contributed by atoms with Crippen LogP contribution in [0.3, 0.4) is 0 Å². The molecule has 1 aromatic carbocycles. The monoisotopic (exact) mass is 445 g/mol. The van der Waals surface area contributed by atoms with E-state index < -0.39 is 0 Å². The number of thiazole rings is 1. The van der Waals surface area contributed by atoms with Crippen molar-refractivity contribution in [2.24, 2.45) is 7.05 Å². The van der Waals surface area contributed by atoms with E-state index in [1.165, 1.54) is 23.1 Å². The van der Waals surface area contributed by atoms with Crippen LogP contribution in [0.2, 0.25) is 0 Å². The Kier molecular flexibility index (Phi) is 5.89. The summed E-state index contributed by atoms with van der Waals surface area (Å²) in [6, 6.07) is 7.71. The van der Waals surface area contributed by atoms with Gasteiger partial charge in [0.1, 0.15) is 9.71 Å². The van der Waals surface area contributed by atoms with Crippen molar-refractivity contribution in [2.75, 3.05) is 13.7 Å². The van der Waals surface area contributed by atoms with Gasteiger partial charge in [-0.25, -0.2) is 9.97 Å². The van der Waals surface area contributed by atoms with Crippen molar-refractivity contribution >= 4 is 44.7 Å². The minimum Gasteiger partial charge on any atom is -0.493 e. The molecule has 0 unspecified atom stereocenters. The molecule has 0 N–H and O–H groups in total. The van der Waals surface area contributed by atoms with Gasteiger partial charge in [0.25, 0.3) is 5.56 Å². The Balaban J connectivity index is 1.53. The molecular formula is C20H19N3O3S3. The number of methoxy groups -OCH3 is 1. The molecule has 3 heterocycles. The van der Waals surface area contributed by atoms with Crippen molar-refractivity contribution in [1.82, 2.24) is 14.5 Å². The maximum Gasteiger partial charge on any atom is 0.271 e. The number of thiophene rings is 1. The standard InChI is InChI=1S/C20H19N3O3S3/c1-4-26-15-6-5-12(9-16(15)25-3)18-21-13(10-28-18)11-29-20-22-14-7-8-27-17(14)19(24)23(20)2/h5-10H,4,11H2,1-3H3. The summed E-state index contributed by atoms with van der Waals surface area (Å²) in [6.07, 6.45) is 0. The van der Waals surface area contributed by atoms with Gasteiger partial charge in [0.05, 0.1) is 24.9 Å². The highest BCUT2D eigenvalue weighted by Gasteiger charge is 2.13. The fraction of sp³-hybridized carbons (Fsp3) is 0.250. The van der Waals surface area contributed by atoms with Crippen LogP contribution >= 0.6 is 34.4 Å². The highest BCUT2D eigenvalue weighted by Crippen LogP contribution is 2.34. The van der Waals surface area contributed by atoms with E-state index in [2.05, 4.69) is 4.98 Å². The van der Waals surface area contributed by atoms with E-state index in [0.29, 0.717) is 28.0 Å². The summed E-state index contributed by atoms with van der Waals surface area (Å²) in [7, 11) is 3.39. The Morgan fingerprint density at radius 3 is 2.83 bits per heavy atom. The highest BCUT2D eigenvalue weighted by molar-refractivity contribution is 7.98. The van der Waals surface area contributed by atoms with Gasteiger partial charge in [-0.1, -0.05) is 11.8 Å². The number of thioether (sulfide) groups is 1. The minimum absolute atomic E-state index is 0.00653. The molecule has 0 aliphatic rings. The van der Waals surface area contributed by atoms with Crippen molar-refractivity contribution in [2.45, 2.75) is 17.8 Å². The average molecular weight is 446 g/mol. The van der Waals surface area contributed by atoms with E-state index in [4.69, 9.17) is 14.5 Å². The predicted molar refractivity (Wildman–Crippen MR) is 120 cm³/mol. The third-order valence-corrected chi connectivity index (χ3v) is 7.15. The highest BCUT2D eigenvalue weighted by atomic mass is 32.2. The van der Waals surface area contributed by atoms with Crippen LogP contribution in [0.5, 0.6) is 11.5 Å². The van der Waals surface area contributed by atoms with Crippen LogP contribution in [0.15, 0.2) is 45.0 Å². The number of ether oxygens (including phenoxy) is 2. The van der Waals surface area contributed by atoms with Crippen molar-refractivity contribution in [1.29, 1.82) is 0 Å². The average Bonchev–Trinajstić information content (AvgIpc) is 3.40. The molecule has 150 valence electrons. The molecule has 3 aromatic heterocycles. The van der Waals surface area contributed by atoms with Crippen LogP contribution in [-0.2, 0) is 12.8 Å². The summed E-state index contributed by atoms with van der Waals surface area (Å²) in [6.45, 7) is 2.53. The Hall–Kier alpha value is -2.36. The van der Waals surface area contributed by atoms with Crippen LogP contribution in [0.1, 0.15) is 12.6 Å². The maximum absolute atomic E-state index is 12.4. The fourth-order valence-electron chi connectivity index (χ4n) is 2.82. The van der Waals surface area contributed by atoms with Gasteiger partial charge in [-0.05, 0) is 36.6 Å². The second-order valence-electron chi connectivity index (χ2n) is 6.12. The molecule has 0 atom stereocenters. The van der Waals surface area contributed by atoms with Crippen LogP contribution in [0, 0.1) is 0 Å². The van der Waals surface area contributed by atoms with Crippen molar-refractivity contribution in [3.05, 3.63) is 51.1 Å². The second kappa shape index (κ2) is 8.56.